The molecule has 2 aromatic carbocycles. The molecule has 0 bridgehead atoms. The number of carbonyl (C=O) groups excluding carboxylic acids is 1. The van der Waals surface area contributed by atoms with E-state index in [0.717, 1.165) is 30.4 Å². The average Bonchev–Trinajstić information content (AvgIpc) is 2.59. The fourth-order valence-electron chi connectivity index (χ4n) is 3.51. The standard InChI is InChI=1S/C20H22ClNO3/c1-2-25-20(24)22-19-10-6-14-5-9-16(23)12-17(14)18(19)11-13-3-7-15(21)8-4-13/h3-5,7-9,12,18-19,23H,2,6,10-11H2,1H3,(H,22,24). The lowest BCUT2D eigenvalue weighted by atomic mass is 9.76. The van der Waals surface area contributed by atoms with E-state index in [2.05, 4.69) is 5.32 Å². The third kappa shape index (κ3) is 4.26. The van der Waals surface area contributed by atoms with Crippen molar-refractivity contribution in [2.24, 2.45) is 0 Å². The molecule has 2 aromatic rings. The van der Waals surface area contributed by atoms with Crippen LogP contribution in [0.2, 0.25) is 5.02 Å². The first-order chi connectivity index (χ1) is 12.1. The van der Waals surface area contributed by atoms with Gasteiger partial charge in [0.25, 0.3) is 0 Å². The Morgan fingerprint density at radius 3 is 2.76 bits per heavy atom. The summed E-state index contributed by atoms with van der Waals surface area (Å²) in [5.41, 5.74) is 3.45. The minimum Gasteiger partial charge on any atom is -0.508 e. The molecule has 0 fully saturated rings. The van der Waals surface area contributed by atoms with Crippen molar-refractivity contribution in [3.8, 4) is 5.75 Å². The number of halogens is 1. The zero-order valence-corrected chi connectivity index (χ0v) is 14.9. The molecule has 1 aliphatic carbocycles. The summed E-state index contributed by atoms with van der Waals surface area (Å²) in [4.78, 5) is 11.9. The van der Waals surface area contributed by atoms with Crippen LogP contribution < -0.4 is 5.32 Å². The quantitative estimate of drug-likeness (QED) is 0.848. The van der Waals surface area contributed by atoms with E-state index in [1.54, 1.807) is 13.0 Å². The molecule has 2 N–H and O–H groups in total. The molecule has 0 aliphatic heterocycles. The number of benzene rings is 2. The molecule has 1 amide bonds. The number of phenolic OH excluding ortho intramolecular Hbond substituents is 1. The molecule has 0 heterocycles. The number of aryl methyl sites for hydroxylation is 1. The maximum atomic E-state index is 11.9. The van der Waals surface area contributed by atoms with Crippen molar-refractivity contribution < 1.29 is 14.6 Å². The Morgan fingerprint density at radius 2 is 2.04 bits per heavy atom. The second-order valence-corrected chi connectivity index (χ2v) is 6.77. The lowest BCUT2D eigenvalue weighted by Gasteiger charge is -2.34. The van der Waals surface area contributed by atoms with Gasteiger partial charge < -0.3 is 15.2 Å². The zero-order valence-electron chi connectivity index (χ0n) is 14.2. The van der Waals surface area contributed by atoms with Gasteiger partial charge in [-0.3, -0.25) is 0 Å². The van der Waals surface area contributed by atoms with E-state index in [1.165, 1.54) is 5.56 Å². The number of carbonyl (C=O) groups is 1. The average molecular weight is 360 g/mol. The van der Waals surface area contributed by atoms with Gasteiger partial charge in [-0.2, -0.15) is 0 Å². The van der Waals surface area contributed by atoms with Crippen LogP contribution in [0.1, 0.15) is 36.0 Å². The number of fused-ring (bicyclic) bond motifs is 1. The van der Waals surface area contributed by atoms with E-state index in [-0.39, 0.29) is 17.7 Å². The second-order valence-electron chi connectivity index (χ2n) is 6.33. The van der Waals surface area contributed by atoms with E-state index in [0.29, 0.717) is 11.6 Å². The van der Waals surface area contributed by atoms with Crippen LogP contribution in [-0.2, 0) is 17.6 Å². The third-order valence-electron chi connectivity index (χ3n) is 4.69. The molecule has 0 spiro atoms. The highest BCUT2D eigenvalue weighted by molar-refractivity contribution is 6.30. The van der Waals surface area contributed by atoms with Crippen LogP contribution in [0.25, 0.3) is 0 Å². The van der Waals surface area contributed by atoms with Crippen LogP contribution in [0.5, 0.6) is 5.75 Å². The topological polar surface area (TPSA) is 58.6 Å². The van der Waals surface area contributed by atoms with E-state index in [4.69, 9.17) is 16.3 Å². The number of ether oxygens (including phenoxy) is 1. The molecule has 0 saturated carbocycles. The van der Waals surface area contributed by atoms with Crippen molar-refractivity contribution in [2.45, 2.75) is 38.1 Å². The van der Waals surface area contributed by atoms with Crippen molar-refractivity contribution in [3.05, 3.63) is 64.2 Å². The molecule has 25 heavy (non-hydrogen) atoms. The smallest absolute Gasteiger partial charge is 0.407 e. The van der Waals surface area contributed by atoms with Crippen LogP contribution in [0.3, 0.4) is 0 Å². The third-order valence-corrected chi connectivity index (χ3v) is 4.94. The maximum Gasteiger partial charge on any atom is 0.407 e. The molecule has 132 valence electrons. The lowest BCUT2D eigenvalue weighted by molar-refractivity contribution is 0.144. The Labute approximate surface area is 152 Å². The molecule has 0 aromatic heterocycles. The van der Waals surface area contributed by atoms with Gasteiger partial charge in [-0.05, 0) is 67.1 Å². The number of amides is 1. The Bertz CT molecular complexity index is 745. The molecule has 4 nitrogen and oxygen atoms in total. The number of hydrogen-bond donors (Lipinski definition) is 2. The fourth-order valence-corrected chi connectivity index (χ4v) is 3.63. The summed E-state index contributed by atoms with van der Waals surface area (Å²) < 4.78 is 5.05. The minimum absolute atomic E-state index is 0.0379. The first-order valence-corrected chi connectivity index (χ1v) is 8.94. The van der Waals surface area contributed by atoms with E-state index in [1.807, 2.05) is 36.4 Å². The lowest BCUT2D eigenvalue weighted by Crippen LogP contribution is -2.42. The van der Waals surface area contributed by atoms with Crippen molar-refractivity contribution in [1.82, 2.24) is 5.32 Å². The number of nitrogens with one attached hydrogen (secondary N) is 1. The van der Waals surface area contributed by atoms with Gasteiger partial charge in [0.1, 0.15) is 5.75 Å². The Balaban J connectivity index is 1.89. The summed E-state index contributed by atoms with van der Waals surface area (Å²) in [6.45, 7) is 2.14. The summed E-state index contributed by atoms with van der Waals surface area (Å²) in [5.74, 6) is 0.318. The monoisotopic (exact) mass is 359 g/mol. The predicted molar refractivity (Wildman–Crippen MR) is 98.3 cm³/mol. The molecule has 5 heteroatoms. The first-order valence-electron chi connectivity index (χ1n) is 8.56. The molecule has 3 rings (SSSR count). The number of rotatable bonds is 4. The predicted octanol–water partition coefficient (Wildman–Crippen LogP) is 4.43. The zero-order chi connectivity index (χ0) is 17.8. The number of aromatic hydroxyl groups is 1. The maximum absolute atomic E-state index is 11.9. The number of alkyl carbamates (subject to hydrolysis) is 1. The Hall–Kier alpha value is -2.20. The van der Waals surface area contributed by atoms with Crippen LogP contribution in [-0.4, -0.2) is 23.8 Å². The highest BCUT2D eigenvalue weighted by atomic mass is 35.5. The van der Waals surface area contributed by atoms with Crippen molar-refractivity contribution >= 4 is 17.7 Å². The summed E-state index contributed by atoms with van der Waals surface area (Å²) in [7, 11) is 0. The first kappa shape index (κ1) is 17.6. The molecular weight excluding hydrogens is 338 g/mol. The highest BCUT2D eigenvalue weighted by Gasteiger charge is 2.31. The number of hydrogen-bond acceptors (Lipinski definition) is 3. The van der Waals surface area contributed by atoms with Gasteiger partial charge >= 0.3 is 6.09 Å². The molecule has 0 radical (unpaired) electrons. The van der Waals surface area contributed by atoms with E-state index < -0.39 is 6.09 Å². The van der Waals surface area contributed by atoms with Crippen molar-refractivity contribution in [2.75, 3.05) is 6.61 Å². The Kier molecular flexibility index (Phi) is 5.49. The van der Waals surface area contributed by atoms with Gasteiger partial charge in [0.05, 0.1) is 6.61 Å². The van der Waals surface area contributed by atoms with Gasteiger partial charge in [0.2, 0.25) is 0 Å². The molecule has 2 atom stereocenters. The van der Waals surface area contributed by atoms with Crippen molar-refractivity contribution in [1.29, 1.82) is 0 Å². The fraction of sp³-hybridized carbons (Fsp3) is 0.350. The summed E-state index contributed by atoms with van der Waals surface area (Å²) in [6, 6.07) is 13.2. The van der Waals surface area contributed by atoms with Gasteiger partial charge in [-0.1, -0.05) is 29.8 Å². The van der Waals surface area contributed by atoms with Gasteiger partial charge in [0, 0.05) is 17.0 Å². The molecule has 2 unspecified atom stereocenters. The van der Waals surface area contributed by atoms with Crippen LogP contribution in [0.4, 0.5) is 4.79 Å². The highest BCUT2D eigenvalue weighted by Crippen LogP contribution is 2.36. The summed E-state index contributed by atoms with van der Waals surface area (Å²) in [6.07, 6.45) is 2.07. The Morgan fingerprint density at radius 1 is 1.28 bits per heavy atom. The van der Waals surface area contributed by atoms with Gasteiger partial charge in [0.15, 0.2) is 0 Å². The number of phenols is 1. The van der Waals surface area contributed by atoms with Crippen LogP contribution >= 0.6 is 11.6 Å². The second kappa shape index (κ2) is 7.79. The van der Waals surface area contributed by atoms with Gasteiger partial charge in [-0.15, -0.1) is 0 Å². The molecule has 0 saturated heterocycles. The SMILES string of the molecule is CCOC(=O)NC1CCc2ccc(O)cc2C1Cc1ccc(Cl)cc1. The molecule has 1 aliphatic rings. The van der Waals surface area contributed by atoms with Gasteiger partial charge in [-0.25, -0.2) is 4.79 Å². The van der Waals surface area contributed by atoms with Crippen LogP contribution in [0, 0.1) is 0 Å². The largest absolute Gasteiger partial charge is 0.508 e. The van der Waals surface area contributed by atoms with E-state index >= 15 is 0 Å². The van der Waals surface area contributed by atoms with E-state index in [9.17, 15) is 9.90 Å². The molecular formula is C20H22ClNO3. The van der Waals surface area contributed by atoms with Crippen molar-refractivity contribution in [3.63, 3.8) is 0 Å². The minimum atomic E-state index is -0.391. The summed E-state index contributed by atoms with van der Waals surface area (Å²) >= 11 is 5.98. The normalized spacial score (nSPS) is 19.1. The summed E-state index contributed by atoms with van der Waals surface area (Å²) in [5, 5.41) is 13.6. The van der Waals surface area contributed by atoms with Crippen LogP contribution in [0.15, 0.2) is 42.5 Å².